The van der Waals surface area contributed by atoms with E-state index in [-0.39, 0.29) is 0 Å². The first-order valence-corrected chi connectivity index (χ1v) is 6.89. The van der Waals surface area contributed by atoms with Crippen molar-refractivity contribution in [2.75, 3.05) is 0 Å². The van der Waals surface area contributed by atoms with Crippen molar-refractivity contribution < 1.29 is 9.90 Å². The smallest absolute Gasteiger partial charge is 0.328 e. The van der Waals surface area contributed by atoms with Crippen molar-refractivity contribution in [3.05, 3.63) is 23.8 Å². The standard InChI is InChI=1S/C16H26O2/c1-12(8-9-14-11-16(14,3)4)6-5-7-13(2)10-15(17)18/h5,7,10,12,14H,6,8-9,11H2,1-4H3,(H,17,18)/b7-5+,13-10+. The average Bonchev–Trinajstić information content (AvgIpc) is 2.82. The zero-order valence-electron chi connectivity index (χ0n) is 12.1. The third kappa shape index (κ3) is 5.52. The molecule has 102 valence electrons. The molecule has 0 radical (unpaired) electrons. The summed E-state index contributed by atoms with van der Waals surface area (Å²) < 4.78 is 0. The summed E-state index contributed by atoms with van der Waals surface area (Å²) in [6.07, 6.45) is 10.3. The molecule has 2 atom stereocenters. The minimum atomic E-state index is -0.874. The maximum Gasteiger partial charge on any atom is 0.328 e. The van der Waals surface area contributed by atoms with Crippen LogP contribution in [0.1, 0.15) is 53.4 Å². The van der Waals surface area contributed by atoms with Gasteiger partial charge in [-0.2, -0.15) is 0 Å². The van der Waals surface area contributed by atoms with Crippen molar-refractivity contribution in [3.63, 3.8) is 0 Å². The molecule has 18 heavy (non-hydrogen) atoms. The third-order valence-corrected chi connectivity index (χ3v) is 4.00. The van der Waals surface area contributed by atoms with E-state index >= 15 is 0 Å². The number of carbonyl (C=O) groups is 1. The van der Waals surface area contributed by atoms with Crippen LogP contribution in [0.15, 0.2) is 23.8 Å². The van der Waals surface area contributed by atoms with Crippen LogP contribution < -0.4 is 0 Å². The van der Waals surface area contributed by atoms with Crippen LogP contribution in [0.25, 0.3) is 0 Å². The summed E-state index contributed by atoms with van der Waals surface area (Å²) in [6, 6.07) is 0. The van der Waals surface area contributed by atoms with Gasteiger partial charge in [0.25, 0.3) is 0 Å². The third-order valence-electron chi connectivity index (χ3n) is 4.00. The summed E-state index contributed by atoms with van der Waals surface area (Å²) >= 11 is 0. The summed E-state index contributed by atoms with van der Waals surface area (Å²) in [4.78, 5) is 10.4. The van der Waals surface area contributed by atoms with Crippen molar-refractivity contribution in [1.82, 2.24) is 0 Å². The molecular weight excluding hydrogens is 224 g/mol. The highest BCUT2D eigenvalue weighted by Crippen LogP contribution is 2.54. The Labute approximate surface area is 111 Å². The van der Waals surface area contributed by atoms with Gasteiger partial charge in [-0.3, -0.25) is 0 Å². The van der Waals surface area contributed by atoms with Gasteiger partial charge >= 0.3 is 5.97 Å². The van der Waals surface area contributed by atoms with Crippen molar-refractivity contribution in [2.24, 2.45) is 17.3 Å². The molecule has 0 bridgehead atoms. The number of hydrogen-bond acceptors (Lipinski definition) is 1. The van der Waals surface area contributed by atoms with E-state index in [4.69, 9.17) is 5.11 Å². The Kier molecular flexibility index (Phi) is 5.18. The van der Waals surface area contributed by atoms with Crippen LogP contribution in [-0.4, -0.2) is 11.1 Å². The second kappa shape index (κ2) is 6.21. The zero-order valence-corrected chi connectivity index (χ0v) is 12.1. The molecule has 1 aliphatic rings. The molecule has 0 aromatic rings. The molecule has 0 saturated heterocycles. The Hall–Kier alpha value is -1.05. The monoisotopic (exact) mass is 250 g/mol. The fourth-order valence-electron chi connectivity index (χ4n) is 2.40. The van der Waals surface area contributed by atoms with E-state index in [9.17, 15) is 4.79 Å². The molecule has 1 saturated carbocycles. The summed E-state index contributed by atoms with van der Waals surface area (Å²) in [5, 5.41) is 8.58. The van der Waals surface area contributed by atoms with E-state index in [1.165, 1.54) is 25.3 Å². The predicted octanol–water partition coefficient (Wildman–Crippen LogP) is 4.43. The van der Waals surface area contributed by atoms with Crippen LogP contribution >= 0.6 is 0 Å². The van der Waals surface area contributed by atoms with Gasteiger partial charge in [-0.05, 0) is 49.0 Å². The number of carboxylic acids is 1. The molecule has 1 rings (SSSR count). The Bertz CT molecular complexity index is 350. The van der Waals surface area contributed by atoms with Gasteiger partial charge in [0.15, 0.2) is 0 Å². The van der Waals surface area contributed by atoms with E-state index in [2.05, 4.69) is 26.8 Å². The lowest BCUT2D eigenvalue weighted by atomic mass is 9.97. The second-order valence-corrected chi connectivity index (χ2v) is 6.44. The highest BCUT2D eigenvalue weighted by molar-refractivity contribution is 5.81. The molecule has 2 unspecified atom stereocenters. The van der Waals surface area contributed by atoms with E-state index < -0.39 is 5.97 Å². The molecule has 0 heterocycles. The van der Waals surface area contributed by atoms with Gasteiger partial charge in [-0.1, -0.05) is 39.3 Å². The quantitative estimate of drug-likeness (QED) is 0.536. The number of hydrogen-bond donors (Lipinski definition) is 1. The number of aliphatic carboxylic acids is 1. The Morgan fingerprint density at radius 3 is 2.61 bits per heavy atom. The van der Waals surface area contributed by atoms with Crippen LogP contribution in [0.4, 0.5) is 0 Å². The lowest BCUT2D eigenvalue weighted by Crippen LogP contribution is -1.96. The van der Waals surface area contributed by atoms with Gasteiger partial charge in [-0.25, -0.2) is 4.79 Å². The lowest BCUT2D eigenvalue weighted by molar-refractivity contribution is -0.131. The van der Waals surface area contributed by atoms with Crippen LogP contribution in [0.2, 0.25) is 0 Å². The van der Waals surface area contributed by atoms with Crippen LogP contribution in [0.5, 0.6) is 0 Å². The van der Waals surface area contributed by atoms with Gasteiger partial charge < -0.3 is 5.11 Å². The first-order valence-electron chi connectivity index (χ1n) is 6.89. The predicted molar refractivity (Wildman–Crippen MR) is 75.4 cm³/mol. The van der Waals surface area contributed by atoms with E-state index in [1.54, 1.807) is 0 Å². The van der Waals surface area contributed by atoms with Gasteiger partial charge in [0.2, 0.25) is 0 Å². The highest BCUT2D eigenvalue weighted by atomic mass is 16.4. The van der Waals surface area contributed by atoms with Gasteiger partial charge in [0, 0.05) is 6.08 Å². The molecule has 1 fully saturated rings. The molecule has 0 aromatic carbocycles. The largest absolute Gasteiger partial charge is 0.478 e. The fourth-order valence-corrected chi connectivity index (χ4v) is 2.40. The number of rotatable bonds is 7. The van der Waals surface area contributed by atoms with E-state index in [0.717, 1.165) is 17.9 Å². The SMILES string of the molecule is CC(/C=C/CC(C)CCC1CC1(C)C)=C\C(=O)O. The summed E-state index contributed by atoms with van der Waals surface area (Å²) in [5.41, 5.74) is 1.40. The first-order chi connectivity index (χ1) is 8.31. The lowest BCUT2D eigenvalue weighted by Gasteiger charge is -2.09. The van der Waals surface area contributed by atoms with E-state index in [1.807, 2.05) is 13.0 Å². The number of allylic oxidation sites excluding steroid dienone is 3. The topological polar surface area (TPSA) is 37.3 Å². The minimum Gasteiger partial charge on any atom is -0.478 e. The maximum absolute atomic E-state index is 10.4. The van der Waals surface area contributed by atoms with Gasteiger partial charge in [0.1, 0.15) is 0 Å². The average molecular weight is 250 g/mol. The van der Waals surface area contributed by atoms with Crippen LogP contribution in [-0.2, 0) is 4.79 Å². The van der Waals surface area contributed by atoms with E-state index in [0.29, 0.717) is 11.3 Å². The van der Waals surface area contributed by atoms with Gasteiger partial charge in [0.05, 0.1) is 0 Å². The first kappa shape index (κ1) is 15.0. The zero-order chi connectivity index (χ0) is 13.8. The van der Waals surface area contributed by atoms with Crippen molar-refractivity contribution >= 4 is 5.97 Å². The van der Waals surface area contributed by atoms with Crippen molar-refractivity contribution in [2.45, 2.75) is 53.4 Å². The van der Waals surface area contributed by atoms with Crippen molar-refractivity contribution in [3.8, 4) is 0 Å². The molecule has 0 aromatic heterocycles. The normalized spacial score (nSPS) is 24.2. The Morgan fingerprint density at radius 2 is 2.11 bits per heavy atom. The van der Waals surface area contributed by atoms with Crippen LogP contribution in [0, 0.1) is 17.3 Å². The second-order valence-electron chi connectivity index (χ2n) is 6.44. The fraction of sp³-hybridized carbons (Fsp3) is 0.688. The molecule has 0 spiro atoms. The molecule has 2 nitrogen and oxygen atoms in total. The molecule has 1 aliphatic carbocycles. The van der Waals surface area contributed by atoms with Crippen molar-refractivity contribution in [1.29, 1.82) is 0 Å². The molecule has 0 aliphatic heterocycles. The molecule has 2 heteroatoms. The molecule has 0 amide bonds. The maximum atomic E-state index is 10.4. The summed E-state index contributed by atoms with van der Waals surface area (Å²) in [6.45, 7) is 8.79. The molecular formula is C16H26O2. The minimum absolute atomic E-state index is 0.594. The number of carboxylic acid groups (broad SMARTS) is 1. The summed E-state index contributed by atoms with van der Waals surface area (Å²) in [7, 11) is 0. The van der Waals surface area contributed by atoms with Gasteiger partial charge in [-0.15, -0.1) is 0 Å². The highest BCUT2D eigenvalue weighted by Gasteiger charge is 2.44. The van der Waals surface area contributed by atoms with Crippen LogP contribution in [0.3, 0.4) is 0 Å². The summed E-state index contributed by atoms with van der Waals surface area (Å²) in [5.74, 6) is 0.744. The molecule has 1 N–H and O–H groups in total. The Morgan fingerprint density at radius 1 is 1.50 bits per heavy atom. The Balaban J connectivity index is 2.19.